The second-order valence-corrected chi connectivity index (χ2v) is 4.53. The molecule has 0 radical (unpaired) electrons. The zero-order chi connectivity index (χ0) is 10.5. The molecule has 0 nitrogen and oxygen atoms in total. The lowest BCUT2D eigenvalue weighted by molar-refractivity contribution is 0.474. The molecule has 0 aliphatic carbocycles. The maximum atomic E-state index is 4.08. The van der Waals surface area contributed by atoms with Gasteiger partial charge in [0.2, 0.25) is 0 Å². The maximum absolute atomic E-state index is 4.08. The van der Waals surface area contributed by atoms with E-state index in [-0.39, 0.29) is 5.41 Å². The summed E-state index contributed by atoms with van der Waals surface area (Å²) in [5, 5.41) is 0. The number of rotatable bonds is 3. The van der Waals surface area contributed by atoms with Crippen molar-refractivity contribution >= 4 is 0 Å². The minimum absolute atomic E-state index is 0.0946. The van der Waals surface area contributed by atoms with Gasteiger partial charge in [0.1, 0.15) is 0 Å². The van der Waals surface area contributed by atoms with Crippen molar-refractivity contribution in [2.75, 3.05) is 0 Å². The first kappa shape index (κ1) is 12.3. The van der Waals surface area contributed by atoms with Crippen LogP contribution in [0.5, 0.6) is 0 Å². The predicted molar refractivity (Wildman–Crippen MR) is 60.4 cm³/mol. The van der Waals surface area contributed by atoms with Gasteiger partial charge in [-0.2, -0.15) is 0 Å². The highest BCUT2D eigenvalue weighted by Gasteiger charge is 2.16. The van der Waals surface area contributed by atoms with E-state index in [0.717, 1.165) is 12.8 Å². The fraction of sp³-hybridized carbons (Fsp3) is 0.692. The van der Waals surface area contributed by atoms with Crippen LogP contribution in [-0.4, -0.2) is 0 Å². The van der Waals surface area contributed by atoms with Crippen molar-refractivity contribution in [3.63, 3.8) is 0 Å². The Morgan fingerprint density at radius 1 is 1.38 bits per heavy atom. The van der Waals surface area contributed by atoms with Gasteiger partial charge in [-0.3, -0.25) is 0 Å². The first-order valence-corrected chi connectivity index (χ1v) is 5.06. The average molecular weight is 178 g/mol. The third kappa shape index (κ3) is 5.53. The van der Waals surface area contributed by atoms with Gasteiger partial charge in [-0.1, -0.05) is 38.8 Å². The molecule has 0 aromatic heterocycles. The molecule has 0 N–H and O–H groups in total. The van der Waals surface area contributed by atoms with Crippen LogP contribution in [0.25, 0.3) is 0 Å². The third-order valence-electron chi connectivity index (χ3n) is 2.09. The van der Waals surface area contributed by atoms with Crippen molar-refractivity contribution in [2.45, 2.75) is 47.5 Å². The van der Waals surface area contributed by atoms with Crippen molar-refractivity contribution in [2.24, 2.45) is 11.3 Å². The van der Waals surface area contributed by atoms with Crippen LogP contribution in [0.15, 0.2) is 12.2 Å². The van der Waals surface area contributed by atoms with E-state index in [2.05, 4.69) is 53.0 Å². The Labute approximate surface area is 83.4 Å². The molecule has 0 amide bonds. The van der Waals surface area contributed by atoms with E-state index in [4.69, 9.17) is 0 Å². The molecule has 0 saturated heterocycles. The number of allylic oxidation sites excluding steroid dienone is 1. The lowest BCUT2D eigenvalue weighted by atomic mass is 9.83. The van der Waals surface area contributed by atoms with E-state index in [9.17, 15) is 0 Å². The molecule has 0 heteroatoms. The van der Waals surface area contributed by atoms with Gasteiger partial charge in [0.15, 0.2) is 0 Å². The minimum Gasteiger partial charge on any atom is -0.103 e. The van der Waals surface area contributed by atoms with E-state index in [1.165, 1.54) is 5.57 Å². The van der Waals surface area contributed by atoms with E-state index in [1.54, 1.807) is 0 Å². The number of hydrogen-bond donors (Lipinski definition) is 0. The lowest BCUT2D eigenvalue weighted by Gasteiger charge is -2.21. The molecule has 0 saturated carbocycles. The quantitative estimate of drug-likeness (QED) is 0.452. The summed E-state index contributed by atoms with van der Waals surface area (Å²) in [7, 11) is 0. The van der Waals surface area contributed by atoms with E-state index >= 15 is 0 Å². The maximum Gasteiger partial charge on any atom is 0.0295 e. The van der Waals surface area contributed by atoms with E-state index in [1.807, 2.05) is 0 Å². The topological polar surface area (TPSA) is 0 Å². The van der Waals surface area contributed by atoms with Gasteiger partial charge in [-0.15, -0.1) is 5.92 Å². The summed E-state index contributed by atoms with van der Waals surface area (Å²) in [6.45, 7) is 14.9. The zero-order valence-electron chi connectivity index (χ0n) is 9.70. The van der Waals surface area contributed by atoms with Crippen LogP contribution < -0.4 is 0 Å². The second kappa shape index (κ2) is 5.12. The van der Waals surface area contributed by atoms with Gasteiger partial charge in [0, 0.05) is 11.8 Å². The van der Waals surface area contributed by atoms with E-state index in [0.29, 0.717) is 5.92 Å². The Bertz CT molecular complexity index is 220. The summed E-state index contributed by atoms with van der Waals surface area (Å²) in [6, 6.07) is 0. The highest BCUT2D eigenvalue weighted by Crippen LogP contribution is 2.27. The van der Waals surface area contributed by atoms with E-state index < -0.39 is 0 Å². The molecule has 0 atom stereocenters. The molecule has 0 spiro atoms. The molecule has 13 heavy (non-hydrogen) atoms. The van der Waals surface area contributed by atoms with Crippen LogP contribution in [0, 0.1) is 23.2 Å². The van der Waals surface area contributed by atoms with Gasteiger partial charge in [0.25, 0.3) is 0 Å². The average Bonchev–Trinajstić information content (AvgIpc) is 2.00. The molecule has 0 rings (SSSR count). The Morgan fingerprint density at radius 3 is 2.31 bits per heavy atom. The SMILES string of the molecule is C=C(CC(C)(C)C#CCC)C(C)C. The first-order chi connectivity index (χ1) is 5.89. The highest BCUT2D eigenvalue weighted by molar-refractivity contribution is 5.14. The summed E-state index contributed by atoms with van der Waals surface area (Å²) in [5.41, 5.74) is 1.40. The van der Waals surface area contributed by atoms with Gasteiger partial charge in [0.05, 0.1) is 0 Å². The molecule has 0 aliphatic heterocycles. The Morgan fingerprint density at radius 2 is 1.92 bits per heavy atom. The Hall–Kier alpha value is -0.700. The predicted octanol–water partition coefficient (Wildman–Crippen LogP) is 4.03. The first-order valence-electron chi connectivity index (χ1n) is 5.06. The summed E-state index contributed by atoms with van der Waals surface area (Å²) < 4.78 is 0. The second-order valence-electron chi connectivity index (χ2n) is 4.53. The zero-order valence-corrected chi connectivity index (χ0v) is 9.70. The molecular weight excluding hydrogens is 156 g/mol. The number of hydrogen-bond acceptors (Lipinski definition) is 0. The standard InChI is InChI=1S/C13H22/c1-7-8-9-13(5,6)10-12(4)11(2)3/h11H,4,7,10H2,1-3,5-6H3. The lowest BCUT2D eigenvalue weighted by Crippen LogP contribution is -2.11. The molecule has 0 unspecified atom stereocenters. The smallest absolute Gasteiger partial charge is 0.0295 e. The van der Waals surface area contributed by atoms with Gasteiger partial charge in [-0.25, -0.2) is 0 Å². The molecule has 0 aliphatic rings. The van der Waals surface area contributed by atoms with Gasteiger partial charge >= 0.3 is 0 Å². The molecular formula is C13H22. The summed E-state index contributed by atoms with van der Waals surface area (Å²) in [6.07, 6.45) is 1.95. The fourth-order valence-electron chi connectivity index (χ4n) is 1.14. The van der Waals surface area contributed by atoms with Crippen LogP contribution >= 0.6 is 0 Å². The van der Waals surface area contributed by atoms with Crippen molar-refractivity contribution < 1.29 is 0 Å². The molecule has 0 aromatic carbocycles. The van der Waals surface area contributed by atoms with Crippen LogP contribution in [0.3, 0.4) is 0 Å². The highest BCUT2D eigenvalue weighted by atomic mass is 14.2. The van der Waals surface area contributed by atoms with Gasteiger partial charge in [-0.05, 0) is 26.2 Å². The molecule has 0 aromatic rings. The Kier molecular flexibility index (Phi) is 4.85. The minimum atomic E-state index is 0.0946. The van der Waals surface area contributed by atoms with Crippen LogP contribution in [0.2, 0.25) is 0 Å². The molecule has 0 fully saturated rings. The third-order valence-corrected chi connectivity index (χ3v) is 2.09. The Balaban J connectivity index is 4.25. The summed E-state index contributed by atoms with van der Waals surface area (Å²) in [4.78, 5) is 0. The van der Waals surface area contributed by atoms with Crippen LogP contribution in [-0.2, 0) is 0 Å². The molecule has 0 heterocycles. The summed E-state index contributed by atoms with van der Waals surface area (Å²) in [5.74, 6) is 7.00. The molecule has 74 valence electrons. The largest absolute Gasteiger partial charge is 0.103 e. The monoisotopic (exact) mass is 178 g/mol. The normalized spacial score (nSPS) is 10.9. The van der Waals surface area contributed by atoms with Crippen LogP contribution in [0.1, 0.15) is 47.5 Å². The fourth-order valence-corrected chi connectivity index (χ4v) is 1.14. The van der Waals surface area contributed by atoms with Gasteiger partial charge < -0.3 is 0 Å². The van der Waals surface area contributed by atoms with Crippen molar-refractivity contribution in [1.29, 1.82) is 0 Å². The van der Waals surface area contributed by atoms with Crippen molar-refractivity contribution in [3.05, 3.63) is 12.2 Å². The van der Waals surface area contributed by atoms with Crippen molar-refractivity contribution in [1.82, 2.24) is 0 Å². The van der Waals surface area contributed by atoms with Crippen LogP contribution in [0.4, 0.5) is 0 Å². The summed E-state index contributed by atoms with van der Waals surface area (Å²) >= 11 is 0. The van der Waals surface area contributed by atoms with Crippen molar-refractivity contribution in [3.8, 4) is 11.8 Å². The molecule has 0 bridgehead atoms.